The van der Waals surface area contributed by atoms with Crippen molar-refractivity contribution in [2.75, 3.05) is 16.8 Å². The summed E-state index contributed by atoms with van der Waals surface area (Å²) in [4.78, 5) is 34.9. The highest BCUT2D eigenvalue weighted by Crippen LogP contribution is 2.34. The van der Waals surface area contributed by atoms with E-state index in [1.807, 2.05) is 19.9 Å². The molecule has 1 aromatic carbocycles. The van der Waals surface area contributed by atoms with Crippen LogP contribution >= 0.6 is 0 Å². The summed E-state index contributed by atoms with van der Waals surface area (Å²) in [6.07, 6.45) is -0.460. The molecule has 0 saturated carbocycles. The van der Waals surface area contributed by atoms with Crippen molar-refractivity contribution < 1.29 is 22.8 Å². The minimum atomic E-state index is -4.66. The number of likely N-dealkylation sites (N-methyl/N-ethyl adjacent to an activating group) is 1. The van der Waals surface area contributed by atoms with E-state index >= 15 is 0 Å². The number of benzene rings is 1. The minimum Gasteiger partial charge on any atom is -0.322 e. The van der Waals surface area contributed by atoms with E-state index in [1.54, 1.807) is 33.9 Å². The first-order chi connectivity index (χ1) is 17.7. The van der Waals surface area contributed by atoms with Gasteiger partial charge in [-0.2, -0.15) is 13.2 Å². The SMILES string of the molecule is CCN1C(=O)Cc2nncn2-c2cc(-c3cc(NC(=O)c4ccnc(C(F)(F)F)c4)ccc3C)cnc21. The summed E-state index contributed by atoms with van der Waals surface area (Å²) in [7, 11) is 0. The molecule has 2 amide bonds. The molecule has 9 nitrogen and oxygen atoms in total. The lowest BCUT2D eigenvalue weighted by Crippen LogP contribution is -2.32. The van der Waals surface area contributed by atoms with Crippen LogP contribution in [-0.4, -0.2) is 43.1 Å². The monoisotopic (exact) mass is 507 g/mol. The number of nitrogens with one attached hydrogen (secondary N) is 1. The van der Waals surface area contributed by atoms with Gasteiger partial charge >= 0.3 is 6.18 Å². The fraction of sp³-hybridized carbons (Fsp3) is 0.200. The molecule has 0 spiro atoms. The Morgan fingerprint density at radius 2 is 1.95 bits per heavy atom. The number of carbonyl (C=O) groups is 2. The van der Waals surface area contributed by atoms with E-state index in [9.17, 15) is 22.8 Å². The van der Waals surface area contributed by atoms with Crippen molar-refractivity contribution in [2.24, 2.45) is 0 Å². The molecular weight excluding hydrogens is 487 g/mol. The standard InChI is InChI=1S/C25H20F3N7O2/c1-3-34-22(36)11-21-33-31-13-35(21)19-8-16(12-30-23(19)34)18-10-17(5-4-14(18)2)32-24(37)15-6-7-29-20(9-15)25(26,27)28/h4-10,12-13H,3,11H2,1-2H3,(H,32,37). The van der Waals surface area contributed by atoms with Crippen LogP contribution in [0.15, 0.2) is 55.1 Å². The van der Waals surface area contributed by atoms with E-state index in [-0.39, 0.29) is 17.9 Å². The zero-order chi connectivity index (χ0) is 26.3. The molecule has 12 heteroatoms. The lowest BCUT2D eigenvalue weighted by molar-refractivity contribution is -0.141. The van der Waals surface area contributed by atoms with Crippen LogP contribution in [0.2, 0.25) is 0 Å². The van der Waals surface area contributed by atoms with E-state index in [1.165, 1.54) is 12.4 Å². The summed E-state index contributed by atoms with van der Waals surface area (Å²) in [6.45, 7) is 4.18. The molecule has 0 saturated heterocycles. The lowest BCUT2D eigenvalue weighted by atomic mass is 10.0. The predicted octanol–water partition coefficient (Wildman–Crippen LogP) is 4.21. The maximum absolute atomic E-state index is 13.0. The molecule has 0 unspecified atom stereocenters. The van der Waals surface area contributed by atoms with Gasteiger partial charge in [0.2, 0.25) is 5.91 Å². The number of carbonyl (C=O) groups excluding carboxylic acids is 2. The molecule has 0 atom stereocenters. The van der Waals surface area contributed by atoms with Gasteiger partial charge in [0.1, 0.15) is 17.8 Å². The molecule has 1 N–H and O–H groups in total. The molecule has 1 aliphatic rings. The Bertz CT molecular complexity index is 1530. The van der Waals surface area contributed by atoms with Crippen LogP contribution in [0.3, 0.4) is 0 Å². The molecule has 1 aliphatic heterocycles. The second kappa shape index (κ2) is 9.12. The molecule has 37 heavy (non-hydrogen) atoms. The topological polar surface area (TPSA) is 106 Å². The van der Waals surface area contributed by atoms with Gasteiger partial charge in [0.15, 0.2) is 5.82 Å². The van der Waals surface area contributed by atoms with E-state index in [2.05, 4.69) is 25.5 Å². The molecular formula is C25H20F3N7O2. The Kier molecular flexibility index (Phi) is 5.94. The Morgan fingerprint density at radius 3 is 2.70 bits per heavy atom. The number of aromatic nitrogens is 5. The average Bonchev–Trinajstić information content (AvgIpc) is 3.29. The summed E-state index contributed by atoms with van der Waals surface area (Å²) in [5.41, 5.74) is 2.04. The number of fused-ring (bicyclic) bond motifs is 3. The largest absolute Gasteiger partial charge is 0.433 e. The second-order valence-corrected chi connectivity index (χ2v) is 8.41. The normalized spacial score (nSPS) is 13.1. The number of anilines is 2. The van der Waals surface area contributed by atoms with Crippen molar-refractivity contribution in [3.8, 4) is 16.8 Å². The smallest absolute Gasteiger partial charge is 0.322 e. The number of hydrogen-bond donors (Lipinski definition) is 1. The first-order valence-corrected chi connectivity index (χ1v) is 11.3. The molecule has 0 fully saturated rings. The molecule has 0 aliphatic carbocycles. The fourth-order valence-electron chi connectivity index (χ4n) is 4.17. The van der Waals surface area contributed by atoms with Crippen molar-refractivity contribution in [3.63, 3.8) is 0 Å². The van der Waals surface area contributed by atoms with E-state index < -0.39 is 17.8 Å². The van der Waals surface area contributed by atoms with Crippen LogP contribution in [-0.2, 0) is 17.4 Å². The highest BCUT2D eigenvalue weighted by Gasteiger charge is 2.33. The van der Waals surface area contributed by atoms with Crippen molar-refractivity contribution in [1.82, 2.24) is 24.7 Å². The van der Waals surface area contributed by atoms with Crippen LogP contribution in [0.1, 0.15) is 34.4 Å². The summed E-state index contributed by atoms with van der Waals surface area (Å²) in [5, 5.41) is 10.7. The van der Waals surface area contributed by atoms with Gasteiger partial charge in [-0.3, -0.25) is 24.0 Å². The zero-order valence-corrected chi connectivity index (χ0v) is 19.7. The summed E-state index contributed by atoms with van der Waals surface area (Å²) in [6, 6.07) is 8.95. The van der Waals surface area contributed by atoms with E-state index in [4.69, 9.17) is 0 Å². The molecule has 5 rings (SSSR count). The van der Waals surface area contributed by atoms with Gasteiger partial charge in [0.05, 0.1) is 12.1 Å². The maximum Gasteiger partial charge on any atom is 0.433 e. The van der Waals surface area contributed by atoms with E-state index in [0.29, 0.717) is 41.2 Å². The first-order valence-electron chi connectivity index (χ1n) is 11.3. The molecule has 3 aromatic heterocycles. The van der Waals surface area contributed by atoms with Crippen molar-refractivity contribution >= 4 is 23.3 Å². The number of aryl methyl sites for hydroxylation is 1. The predicted molar refractivity (Wildman–Crippen MR) is 128 cm³/mol. The summed E-state index contributed by atoms with van der Waals surface area (Å²) >= 11 is 0. The Hall–Kier alpha value is -4.61. The van der Waals surface area contributed by atoms with Crippen LogP contribution in [0.25, 0.3) is 16.8 Å². The molecule has 0 bridgehead atoms. The minimum absolute atomic E-state index is 0.0884. The molecule has 4 heterocycles. The Balaban J connectivity index is 1.50. The molecule has 4 aromatic rings. The van der Waals surface area contributed by atoms with E-state index in [0.717, 1.165) is 17.3 Å². The summed E-state index contributed by atoms with van der Waals surface area (Å²) in [5.74, 6) is 0.139. The summed E-state index contributed by atoms with van der Waals surface area (Å²) < 4.78 is 40.7. The quantitative estimate of drug-likeness (QED) is 0.444. The Morgan fingerprint density at radius 1 is 1.14 bits per heavy atom. The van der Waals surface area contributed by atoms with Gasteiger partial charge < -0.3 is 5.32 Å². The number of pyridine rings is 2. The second-order valence-electron chi connectivity index (χ2n) is 8.41. The number of amides is 2. The molecule has 188 valence electrons. The highest BCUT2D eigenvalue weighted by molar-refractivity contribution is 6.04. The molecule has 0 radical (unpaired) electrons. The van der Waals surface area contributed by atoms with Crippen LogP contribution in [0.4, 0.5) is 24.7 Å². The van der Waals surface area contributed by atoms with Crippen molar-refractivity contribution in [1.29, 1.82) is 0 Å². The number of halogens is 3. The van der Waals surface area contributed by atoms with Crippen LogP contribution in [0.5, 0.6) is 0 Å². The van der Waals surface area contributed by atoms with Crippen molar-refractivity contribution in [2.45, 2.75) is 26.4 Å². The number of hydrogen-bond acceptors (Lipinski definition) is 6. The van der Waals surface area contributed by atoms with Crippen LogP contribution in [0, 0.1) is 6.92 Å². The maximum atomic E-state index is 13.0. The van der Waals surface area contributed by atoms with Gasteiger partial charge in [0, 0.05) is 35.8 Å². The van der Waals surface area contributed by atoms with Gasteiger partial charge in [0.25, 0.3) is 5.91 Å². The Labute approximate surface area is 209 Å². The third-order valence-electron chi connectivity index (χ3n) is 6.03. The van der Waals surface area contributed by atoms with Crippen molar-refractivity contribution in [3.05, 3.63) is 77.8 Å². The third-order valence-corrected chi connectivity index (χ3v) is 6.03. The number of alkyl halides is 3. The number of nitrogens with zero attached hydrogens (tertiary/aromatic N) is 6. The van der Waals surface area contributed by atoms with Crippen LogP contribution < -0.4 is 10.2 Å². The highest BCUT2D eigenvalue weighted by atomic mass is 19.4. The number of rotatable bonds is 4. The van der Waals surface area contributed by atoms with Gasteiger partial charge in [-0.25, -0.2) is 4.98 Å². The third kappa shape index (κ3) is 4.53. The average molecular weight is 507 g/mol. The van der Waals surface area contributed by atoms with Gasteiger partial charge in [-0.15, -0.1) is 10.2 Å². The fourth-order valence-corrected chi connectivity index (χ4v) is 4.17. The zero-order valence-electron chi connectivity index (χ0n) is 19.7. The van der Waals surface area contributed by atoms with Gasteiger partial charge in [-0.05, 0) is 55.3 Å². The van der Waals surface area contributed by atoms with Gasteiger partial charge in [-0.1, -0.05) is 6.07 Å². The first kappa shape index (κ1) is 24.1. The lowest BCUT2D eigenvalue weighted by Gasteiger charge is -2.20.